The van der Waals surface area contributed by atoms with E-state index in [2.05, 4.69) is 9.97 Å². The highest BCUT2D eigenvalue weighted by Gasteiger charge is 2.29. The van der Waals surface area contributed by atoms with Gasteiger partial charge in [-0.25, -0.2) is 9.78 Å². The first-order valence-corrected chi connectivity index (χ1v) is 8.99. The van der Waals surface area contributed by atoms with Crippen LogP contribution in [-0.2, 0) is 4.74 Å². The van der Waals surface area contributed by atoms with Gasteiger partial charge < -0.3 is 9.72 Å². The Morgan fingerprint density at radius 1 is 0.929 bits per heavy atom. The molecular formula is C22H15ClN2O3. The fraction of sp³-hybridized carbons (Fsp3) is 0.0455. The van der Waals surface area contributed by atoms with Gasteiger partial charge in [-0.05, 0) is 18.2 Å². The number of Topliss-reactive ketones (excluding diaryl/α,β-unsaturated/α-hetero) is 1. The summed E-state index contributed by atoms with van der Waals surface area (Å²) in [5.41, 5.74) is 1.97. The maximum absolute atomic E-state index is 13.3. The van der Waals surface area contributed by atoms with Crippen LogP contribution >= 0.6 is 11.6 Å². The second kappa shape index (κ2) is 7.66. The first-order valence-electron chi connectivity index (χ1n) is 8.62. The zero-order valence-electron chi connectivity index (χ0n) is 14.6. The molecule has 138 valence electrons. The molecule has 0 aliphatic carbocycles. The number of pyridine rings is 1. The fourth-order valence-corrected chi connectivity index (χ4v) is 3.22. The number of nitrogens with one attached hydrogen (secondary N) is 1. The second-order valence-electron chi connectivity index (χ2n) is 6.15. The molecule has 0 spiro atoms. The molecular weight excluding hydrogens is 376 g/mol. The third kappa shape index (κ3) is 3.40. The maximum atomic E-state index is 13.3. The number of ketones is 1. The molecule has 0 unspecified atom stereocenters. The number of ether oxygens (including phenoxy) is 1. The van der Waals surface area contributed by atoms with Crippen LogP contribution < -0.4 is 0 Å². The number of aromatic nitrogens is 2. The van der Waals surface area contributed by atoms with Crippen LogP contribution in [-0.4, -0.2) is 21.7 Å². The van der Waals surface area contributed by atoms with Gasteiger partial charge in [0.2, 0.25) is 5.78 Å². The summed E-state index contributed by atoms with van der Waals surface area (Å²) in [6.45, 7) is 0. The largest absolute Gasteiger partial charge is 0.445 e. The molecule has 0 saturated carbocycles. The van der Waals surface area contributed by atoms with E-state index in [9.17, 15) is 9.59 Å². The average molecular weight is 391 g/mol. The van der Waals surface area contributed by atoms with Crippen molar-refractivity contribution in [3.05, 3.63) is 101 Å². The predicted octanol–water partition coefficient (Wildman–Crippen LogP) is 5.00. The van der Waals surface area contributed by atoms with Gasteiger partial charge in [0.25, 0.3) is 0 Å². The molecule has 4 rings (SSSR count). The zero-order chi connectivity index (χ0) is 19.5. The summed E-state index contributed by atoms with van der Waals surface area (Å²) in [6, 6.07) is 19.5. The molecule has 0 aliphatic rings. The van der Waals surface area contributed by atoms with Crippen LogP contribution in [0.3, 0.4) is 0 Å². The quantitative estimate of drug-likeness (QED) is 0.296. The first kappa shape index (κ1) is 17.9. The SMILES string of the molecule is O=C(O[C@@H](C(=O)c1c[nH]c2ccccc12)c1ccccc1)c1cccnc1Cl. The molecule has 1 N–H and O–H groups in total. The highest BCUT2D eigenvalue weighted by atomic mass is 35.5. The van der Waals surface area contributed by atoms with E-state index in [0.717, 1.165) is 10.9 Å². The van der Waals surface area contributed by atoms with Crippen LogP contribution in [0.25, 0.3) is 10.9 Å². The van der Waals surface area contributed by atoms with E-state index in [1.807, 2.05) is 30.3 Å². The number of hydrogen-bond acceptors (Lipinski definition) is 4. The van der Waals surface area contributed by atoms with Crippen molar-refractivity contribution in [1.29, 1.82) is 0 Å². The summed E-state index contributed by atoms with van der Waals surface area (Å²) < 4.78 is 5.61. The molecule has 0 fully saturated rings. The normalized spacial score (nSPS) is 11.9. The number of aromatic amines is 1. The van der Waals surface area contributed by atoms with Crippen molar-refractivity contribution in [2.75, 3.05) is 0 Å². The van der Waals surface area contributed by atoms with E-state index < -0.39 is 12.1 Å². The van der Waals surface area contributed by atoms with Gasteiger partial charge >= 0.3 is 5.97 Å². The molecule has 0 bridgehead atoms. The molecule has 0 amide bonds. The number of benzene rings is 2. The van der Waals surface area contributed by atoms with Crippen LogP contribution in [0.5, 0.6) is 0 Å². The Balaban J connectivity index is 1.73. The first-order chi connectivity index (χ1) is 13.6. The topological polar surface area (TPSA) is 72.1 Å². The molecule has 0 saturated heterocycles. The van der Waals surface area contributed by atoms with E-state index in [0.29, 0.717) is 11.1 Å². The van der Waals surface area contributed by atoms with E-state index in [-0.39, 0.29) is 16.5 Å². The van der Waals surface area contributed by atoms with Gasteiger partial charge in [-0.2, -0.15) is 0 Å². The summed E-state index contributed by atoms with van der Waals surface area (Å²) in [6.07, 6.45) is 2.00. The number of rotatable bonds is 5. The Bertz CT molecular complexity index is 1150. The molecule has 2 heterocycles. The highest BCUT2D eigenvalue weighted by molar-refractivity contribution is 6.32. The van der Waals surface area contributed by atoms with Gasteiger partial charge in [-0.15, -0.1) is 0 Å². The highest BCUT2D eigenvalue weighted by Crippen LogP contribution is 2.28. The summed E-state index contributed by atoms with van der Waals surface area (Å²) in [4.78, 5) is 33.0. The van der Waals surface area contributed by atoms with E-state index >= 15 is 0 Å². The standard InChI is InChI=1S/C22H15ClN2O3/c23-21-16(10-6-12-24-21)22(27)28-20(14-7-2-1-3-8-14)19(26)17-13-25-18-11-5-4-9-15(17)18/h1-13,20,25H/t20-/m1/s1. The van der Waals surface area contributed by atoms with Crippen molar-refractivity contribution in [2.24, 2.45) is 0 Å². The molecule has 0 radical (unpaired) electrons. The lowest BCUT2D eigenvalue weighted by molar-refractivity contribution is 0.0280. The minimum absolute atomic E-state index is 0.0267. The molecule has 28 heavy (non-hydrogen) atoms. The van der Waals surface area contributed by atoms with Crippen LogP contribution in [0, 0.1) is 0 Å². The Morgan fingerprint density at radius 3 is 2.46 bits per heavy atom. The lowest BCUT2D eigenvalue weighted by atomic mass is 9.99. The number of fused-ring (bicyclic) bond motifs is 1. The summed E-state index contributed by atoms with van der Waals surface area (Å²) in [5, 5.41) is 0.794. The maximum Gasteiger partial charge on any atom is 0.342 e. The van der Waals surface area contributed by atoms with Crippen LogP contribution in [0.4, 0.5) is 0 Å². The summed E-state index contributed by atoms with van der Waals surface area (Å²) in [7, 11) is 0. The van der Waals surface area contributed by atoms with Crippen molar-refractivity contribution >= 4 is 34.3 Å². The Hall–Kier alpha value is -3.44. The van der Waals surface area contributed by atoms with Crippen molar-refractivity contribution in [1.82, 2.24) is 9.97 Å². The second-order valence-corrected chi connectivity index (χ2v) is 6.51. The summed E-state index contributed by atoms with van der Waals surface area (Å²) >= 11 is 6.00. The number of hydrogen-bond donors (Lipinski definition) is 1. The molecule has 6 heteroatoms. The van der Waals surface area contributed by atoms with Gasteiger partial charge in [0.05, 0.1) is 5.56 Å². The number of H-pyrrole nitrogens is 1. The van der Waals surface area contributed by atoms with Crippen LogP contribution in [0.1, 0.15) is 32.4 Å². The third-order valence-electron chi connectivity index (χ3n) is 4.40. The van der Waals surface area contributed by atoms with Crippen molar-refractivity contribution < 1.29 is 14.3 Å². The molecule has 4 aromatic rings. The van der Waals surface area contributed by atoms with Gasteiger partial charge in [-0.3, -0.25) is 4.79 Å². The molecule has 5 nitrogen and oxygen atoms in total. The molecule has 0 aliphatic heterocycles. The smallest absolute Gasteiger partial charge is 0.342 e. The van der Waals surface area contributed by atoms with Crippen molar-refractivity contribution in [2.45, 2.75) is 6.10 Å². The Morgan fingerprint density at radius 2 is 1.68 bits per heavy atom. The minimum Gasteiger partial charge on any atom is -0.445 e. The number of carbonyl (C=O) groups excluding carboxylic acids is 2. The number of esters is 1. The average Bonchev–Trinajstić information content (AvgIpc) is 3.16. The molecule has 1 atom stereocenters. The number of para-hydroxylation sites is 1. The van der Waals surface area contributed by atoms with Gasteiger partial charge in [0, 0.05) is 34.4 Å². The Kier molecular flexibility index (Phi) is 4.91. The Labute approximate surface area is 165 Å². The van der Waals surface area contributed by atoms with Gasteiger partial charge in [-0.1, -0.05) is 60.1 Å². The monoisotopic (exact) mass is 390 g/mol. The van der Waals surface area contributed by atoms with E-state index in [4.69, 9.17) is 16.3 Å². The van der Waals surface area contributed by atoms with Crippen LogP contribution in [0.2, 0.25) is 5.15 Å². The van der Waals surface area contributed by atoms with E-state index in [1.54, 1.807) is 36.5 Å². The van der Waals surface area contributed by atoms with Crippen LogP contribution in [0.15, 0.2) is 79.1 Å². The van der Waals surface area contributed by atoms with Gasteiger partial charge in [0.15, 0.2) is 6.10 Å². The van der Waals surface area contributed by atoms with Crippen molar-refractivity contribution in [3.8, 4) is 0 Å². The minimum atomic E-state index is -1.11. The fourth-order valence-electron chi connectivity index (χ4n) is 3.03. The van der Waals surface area contributed by atoms with Crippen molar-refractivity contribution in [3.63, 3.8) is 0 Å². The summed E-state index contributed by atoms with van der Waals surface area (Å²) in [5.74, 6) is -1.03. The molecule has 2 aromatic heterocycles. The lowest BCUT2D eigenvalue weighted by Gasteiger charge is -2.17. The zero-order valence-corrected chi connectivity index (χ0v) is 15.4. The number of halogens is 1. The molecule has 2 aromatic carbocycles. The van der Waals surface area contributed by atoms with E-state index in [1.165, 1.54) is 12.3 Å². The third-order valence-corrected chi connectivity index (χ3v) is 4.70. The number of carbonyl (C=O) groups is 2. The predicted molar refractivity (Wildman–Crippen MR) is 106 cm³/mol. The lowest BCUT2D eigenvalue weighted by Crippen LogP contribution is -2.20. The number of nitrogens with zero attached hydrogens (tertiary/aromatic N) is 1. The van der Waals surface area contributed by atoms with Gasteiger partial charge in [0.1, 0.15) is 5.15 Å².